The van der Waals surface area contributed by atoms with Crippen LogP contribution in [0.25, 0.3) is 0 Å². The highest BCUT2D eigenvalue weighted by atomic mass is 19.1. The largest absolute Gasteiger partial charge is 0.482 e. The molecule has 0 spiro atoms. The van der Waals surface area contributed by atoms with E-state index < -0.39 is 17.4 Å². The summed E-state index contributed by atoms with van der Waals surface area (Å²) in [5, 5.41) is 0. The number of hydrogen-bond donors (Lipinski definition) is 1. The molecule has 0 aliphatic carbocycles. The minimum Gasteiger partial charge on any atom is -0.482 e. The summed E-state index contributed by atoms with van der Waals surface area (Å²) in [6, 6.07) is 4.29. The Morgan fingerprint density at radius 2 is 2.06 bits per heavy atom. The van der Waals surface area contributed by atoms with Crippen molar-refractivity contribution in [3.8, 4) is 5.75 Å². The van der Waals surface area contributed by atoms with Crippen LogP contribution >= 0.6 is 0 Å². The summed E-state index contributed by atoms with van der Waals surface area (Å²) in [6.07, 6.45) is 0. The van der Waals surface area contributed by atoms with Gasteiger partial charge in [-0.2, -0.15) is 0 Å². The van der Waals surface area contributed by atoms with Gasteiger partial charge in [0, 0.05) is 18.2 Å². The fourth-order valence-electron chi connectivity index (χ4n) is 1.30. The number of halogens is 1. The second-order valence-electron chi connectivity index (χ2n) is 4.83. The number of carbonyl (C=O) groups is 1. The van der Waals surface area contributed by atoms with Crippen LogP contribution in [0, 0.1) is 5.82 Å². The van der Waals surface area contributed by atoms with Gasteiger partial charge in [0.25, 0.3) is 0 Å². The summed E-state index contributed by atoms with van der Waals surface area (Å²) >= 11 is 0. The van der Waals surface area contributed by atoms with Gasteiger partial charge >= 0.3 is 5.97 Å². The Morgan fingerprint density at radius 1 is 1.39 bits per heavy atom. The minimum absolute atomic E-state index is 0.123. The third kappa shape index (κ3) is 4.71. The minimum atomic E-state index is -0.560. The van der Waals surface area contributed by atoms with E-state index in [1.54, 1.807) is 26.8 Å². The zero-order valence-corrected chi connectivity index (χ0v) is 10.8. The smallest absolute Gasteiger partial charge is 0.344 e. The number of carbonyl (C=O) groups excluding carboxylic acids is 1. The molecule has 18 heavy (non-hydrogen) atoms. The van der Waals surface area contributed by atoms with E-state index in [0.717, 1.165) is 0 Å². The van der Waals surface area contributed by atoms with Crippen LogP contribution < -0.4 is 10.5 Å². The quantitative estimate of drug-likeness (QED) is 0.836. The van der Waals surface area contributed by atoms with Gasteiger partial charge in [-0.15, -0.1) is 0 Å². The molecule has 1 aromatic carbocycles. The van der Waals surface area contributed by atoms with Crippen molar-refractivity contribution in [3.63, 3.8) is 0 Å². The number of benzene rings is 1. The second-order valence-corrected chi connectivity index (χ2v) is 4.83. The third-order valence-corrected chi connectivity index (χ3v) is 2.02. The first-order chi connectivity index (χ1) is 8.31. The predicted molar refractivity (Wildman–Crippen MR) is 65.6 cm³/mol. The molecule has 5 heteroatoms. The molecule has 0 unspecified atom stereocenters. The highest BCUT2D eigenvalue weighted by Gasteiger charge is 2.16. The molecule has 0 heterocycles. The molecular weight excluding hydrogens is 237 g/mol. The van der Waals surface area contributed by atoms with E-state index in [0.29, 0.717) is 5.56 Å². The van der Waals surface area contributed by atoms with Gasteiger partial charge in [0.2, 0.25) is 0 Å². The van der Waals surface area contributed by atoms with Crippen LogP contribution in [-0.4, -0.2) is 18.2 Å². The number of nitrogens with two attached hydrogens (primary N) is 1. The maximum atomic E-state index is 13.4. The fraction of sp³-hybridized carbons (Fsp3) is 0.462. The van der Waals surface area contributed by atoms with E-state index in [1.165, 1.54) is 12.1 Å². The van der Waals surface area contributed by atoms with Crippen molar-refractivity contribution in [1.29, 1.82) is 0 Å². The van der Waals surface area contributed by atoms with Crippen molar-refractivity contribution in [2.45, 2.75) is 32.9 Å². The Morgan fingerprint density at radius 3 is 2.56 bits per heavy atom. The lowest BCUT2D eigenvalue weighted by molar-refractivity contribution is -0.157. The molecular formula is C13H18FNO3. The van der Waals surface area contributed by atoms with Crippen LogP contribution in [0.3, 0.4) is 0 Å². The Balaban J connectivity index is 2.54. The van der Waals surface area contributed by atoms with Crippen molar-refractivity contribution in [2.75, 3.05) is 6.61 Å². The normalized spacial score (nSPS) is 11.2. The highest BCUT2D eigenvalue weighted by Crippen LogP contribution is 2.16. The molecule has 0 aliphatic heterocycles. The Labute approximate surface area is 106 Å². The molecule has 100 valence electrons. The first-order valence-electron chi connectivity index (χ1n) is 5.65. The summed E-state index contributed by atoms with van der Waals surface area (Å²) in [4.78, 5) is 11.4. The van der Waals surface area contributed by atoms with Crippen LogP contribution in [0.15, 0.2) is 18.2 Å². The first-order valence-corrected chi connectivity index (χ1v) is 5.65. The van der Waals surface area contributed by atoms with Crippen molar-refractivity contribution >= 4 is 5.97 Å². The molecule has 0 bridgehead atoms. The zero-order valence-electron chi connectivity index (χ0n) is 10.8. The monoisotopic (exact) mass is 255 g/mol. The van der Waals surface area contributed by atoms with Crippen LogP contribution in [-0.2, 0) is 16.1 Å². The molecule has 0 aromatic heterocycles. The number of esters is 1. The van der Waals surface area contributed by atoms with E-state index >= 15 is 0 Å². The van der Waals surface area contributed by atoms with Crippen molar-refractivity contribution in [1.82, 2.24) is 0 Å². The van der Waals surface area contributed by atoms with Crippen LogP contribution in [0.1, 0.15) is 26.3 Å². The molecule has 0 atom stereocenters. The van der Waals surface area contributed by atoms with Gasteiger partial charge in [0.05, 0.1) is 0 Å². The van der Waals surface area contributed by atoms with Crippen LogP contribution in [0.4, 0.5) is 4.39 Å². The molecule has 4 nitrogen and oxygen atoms in total. The van der Waals surface area contributed by atoms with Gasteiger partial charge in [-0.1, -0.05) is 6.07 Å². The van der Waals surface area contributed by atoms with E-state index in [4.69, 9.17) is 15.2 Å². The number of rotatable bonds is 4. The number of hydrogen-bond acceptors (Lipinski definition) is 4. The summed E-state index contributed by atoms with van der Waals surface area (Å²) in [5.74, 6) is -0.666. The SMILES string of the molecule is CC(C)(C)OC(=O)COc1ccc(CN)c(F)c1. The lowest BCUT2D eigenvalue weighted by atomic mass is 10.2. The van der Waals surface area contributed by atoms with Crippen LogP contribution in [0.5, 0.6) is 5.75 Å². The Hall–Kier alpha value is -1.62. The fourth-order valence-corrected chi connectivity index (χ4v) is 1.30. The molecule has 0 radical (unpaired) electrons. The molecule has 1 rings (SSSR count). The maximum absolute atomic E-state index is 13.4. The predicted octanol–water partition coefficient (Wildman–Crippen LogP) is 2.00. The molecule has 0 saturated heterocycles. The summed E-state index contributed by atoms with van der Waals surface area (Å²) in [5.41, 5.74) is 5.18. The van der Waals surface area contributed by atoms with E-state index in [2.05, 4.69) is 0 Å². The zero-order chi connectivity index (χ0) is 13.8. The lowest BCUT2D eigenvalue weighted by Crippen LogP contribution is -2.27. The average Bonchev–Trinajstić information content (AvgIpc) is 2.24. The van der Waals surface area contributed by atoms with E-state index in [1.807, 2.05) is 0 Å². The Bertz CT molecular complexity index is 427. The Kier molecular flexibility index (Phi) is 4.67. The van der Waals surface area contributed by atoms with Gasteiger partial charge in [-0.3, -0.25) is 0 Å². The van der Waals surface area contributed by atoms with E-state index in [9.17, 15) is 9.18 Å². The standard InChI is InChI=1S/C13H18FNO3/c1-13(2,3)18-12(16)8-17-10-5-4-9(7-15)11(14)6-10/h4-6H,7-8,15H2,1-3H3. The van der Waals surface area contributed by atoms with E-state index in [-0.39, 0.29) is 18.9 Å². The van der Waals surface area contributed by atoms with Crippen molar-refractivity contribution in [2.24, 2.45) is 5.73 Å². The van der Waals surface area contributed by atoms with Gasteiger partial charge < -0.3 is 15.2 Å². The molecule has 1 aromatic rings. The van der Waals surface area contributed by atoms with Gasteiger partial charge in [0.15, 0.2) is 6.61 Å². The average molecular weight is 255 g/mol. The summed E-state index contributed by atoms with van der Waals surface area (Å²) < 4.78 is 23.6. The molecule has 0 fully saturated rings. The first kappa shape index (κ1) is 14.4. The second kappa shape index (κ2) is 5.82. The lowest BCUT2D eigenvalue weighted by Gasteiger charge is -2.19. The molecule has 2 N–H and O–H groups in total. The maximum Gasteiger partial charge on any atom is 0.344 e. The highest BCUT2D eigenvalue weighted by molar-refractivity contribution is 5.71. The topological polar surface area (TPSA) is 61.5 Å². The third-order valence-electron chi connectivity index (χ3n) is 2.02. The summed E-state index contributed by atoms with van der Waals surface area (Å²) in [6.45, 7) is 5.17. The van der Waals surface area contributed by atoms with Gasteiger partial charge in [-0.05, 0) is 26.8 Å². The molecule has 0 amide bonds. The van der Waals surface area contributed by atoms with Crippen LogP contribution in [0.2, 0.25) is 0 Å². The van der Waals surface area contributed by atoms with Crippen molar-refractivity contribution in [3.05, 3.63) is 29.6 Å². The van der Waals surface area contributed by atoms with Gasteiger partial charge in [-0.25, -0.2) is 9.18 Å². The molecule has 0 saturated carbocycles. The summed E-state index contributed by atoms with van der Waals surface area (Å²) in [7, 11) is 0. The van der Waals surface area contributed by atoms with Crippen molar-refractivity contribution < 1.29 is 18.7 Å². The molecule has 0 aliphatic rings. The number of ether oxygens (including phenoxy) is 2. The van der Waals surface area contributed by atoms with Gasteiger partial charge in [0.1, 0.15) is 17.2 Å².